The predicted molar refractivity (Wildman–Crippen MR) is 86.9 cm³/mol. The first-order chi connectivity index (χ1) is 12.3. The molecule has 4 rings (SSSR count). The Labute approximate surface area is 144 Å². The molecule has 0 aliphatic heterocycles. The van der Waals surface area contributed by atoms with Crippen LogP contribution in [0.5, 0.6) is 0 Å². The van der Waals surface area contributed by atoms with E-state index in [9.17, 15) is 22.0 Å². The molecule has 26 heavy (non-hydrogen) atoms. The predicted octanol–water partition coefficient (Wildman–Crippen LogP) is 1.11. The Morgan fingerprint density at radius 3 is 2.46 bits per heavy atom. The van der Waals surface area contributed by atoms with Crippen LogP contribution < -0.4 is 5.56 Å². The van der Waals surface area contributed by atoms with Gasteiger partial charge in [0.1, 0.15) is 11.2 Å². The van der Waals surface area contributed by atoms with Gasteiger partial charge >= 0.3 is 0 Å². The summed E-state index contributed by atoms with van der Waals surface area (Å²) in [7, 11) is -3.72. The first kappa shape index (κ1) is 16.3. The summed E-state index contributed by atoms with van der Waals surface area (Å²) >= 11 is 0. The highest BCUT2D eigenvalue weighted by molar-refractivity contribution is 7.90. The van der Waals surface area contributed by atoms with Gasteiger partial charge < -0.3 is 0 Å². The van der Waals surface area contributed by atoms with Crippen LogP contribution in [0.3, 0.4) is 0 Å². The fourth-order valence-electron chi connectivity index (χ4n) is 2.61. The zero-order chi connectivity index (χ0) is 18.6. The van der Waals surface area contributed by atoms with Gasteiger partial charge in [-0.25, -0.2) is 41.3 Å². The van der Waals surface area contributed by atoms with Crippen LogP contribution in [0.15, 0.2) is 46.7 Å². The lowest BCUT2D eigenvalue weighted by Crippen LogP contribution is -2.27. The number of imidazole rings is 1. The Morgan fingerprint density at radius 1 is 1.12 bits per heavy atom. The molecule has 0 radical (unpaired) electrons. The highest BCUT2D eigenvalue weighted by Gasteiger charge is 2.21. The van der Waals surface area contributed by atoms with Gasteiger partial charge in [0.15, 0.2) is 17.3 Å². The molecule has 11 heteroatoms. The Kier molecular flexibility index (Phi) is 3.37. The van der Waals surface area contributed by atoms with Crippen LogP contribution in [0, 0.1) is 11.6 Å². The maximum Gasteiger partial charge on any atom is 0.281 e. The van der Waals surface area contributed by atoms with Crippen LogP contribution >= 0.6 is 0 Å². The molecule has 0 aliphatic carbocycles. The van der Waals surface area contributed by atoms with E-state index in [2.05, 4.69) is 15.0 Å². The van der Waals surface area contributed by atoms with E-state index in [1.807, 2.05) is 0 Å². The lowest BCUT2D eigenvalue weighted by atomic mass is 10.2. The highest BCUT2D eigenvalue weighted by atomic mass is 32.2. The van der Waals surface area contributed by atoms with Crippen molar-refractivity contribution in [1.82, 2.24) is 24.1 Å². The molecular weight excluding hydrogens is 368 g/mol. The summed E-state index contributed by atoms with van der Waals surface area (Å²) in [5, 5.41) is -0.608. The van der Waals surface area contributed by atoms with Crippen LogP contribution in [0.2, 0.25) is 0 Å². The second-order valence-corrected chi connectivity index (χ2v) is 7.38. The van der Waals surface area contributed by atoms with E-state index in [1.54, 1.807) is 0 Å². The van der Waals surface area contributed by atoms with Gasteiger partial charge in [0.2, 0.25) is 15.0 Å². The zero-order valence-electron chi connectivity index (χ0n) is 13.1. The number of para-hydroxylation sites is 1. The third-order valence-corrected chi connectivity index (χ3v) is 4.58. The van der Waals surface area contributed by atoms with Gasteiger partial charge in [0, 0.05) is 24.8 Å². The first-order valence-corrected chi connectivity index (χ1v) is 9.08. The molecule has 1 aromatic carbocycles. The van der Waals surface area contributed by atoms with Gasteiger partial charge in [-0.3, -0.25) is 4.79 Å². The third kappa shape index (κ3) is 2.28. The fraction of sp³-hybridized carbons (Fsp3) is 0.0667. The highest BCUT2D eigenvalue weighted by Crippen LogP contribution is 2.20. The maximum absolute atomic E-state index is 14.2. The van der Waals surface area contributed by atoms with Crippen molar-refractivity contribution in [3.05, 3.63) is 58.8 Å². The summed E-state index contributed by atoms with van der Waals surface area (Å²) in [5.41, 5.74) is -1.40. The number of benzene rings is 1. The molecule has 0 aliphatic rings. The van der Waals surface area contributed by atoms with E-state index in [1.165, 1.54) is 18.5 Å². The van der Waals surface area contributed by atoms with E-state index in [-0.39, 0.29) is 16.6 Å². The number of aromatic nitrogens is 5. The van der Waals surface area contributed by atoms with Crippen molar-refractivity contribution in [3.63, 3.8) is 0 Å². The Bertz CT molecular complexity index is 1340. The normalized spacial score (nSPS) is 12.1. The minimum absolute atomic E-state index is 0.0385. The number of halogens is 2. The smallest absolute Gasteiger partial charge is 0.267 e. The van der Waals surface area contributed by atoms with Gasteiger partial charge in [0.05, 0.1) is 5.39 Å². The van der Waals surface area contributed by atoms with E-state index >= 15 is 0 Å². The molecule has 0 spiro atoms. The number of hydrogen-bond donors (Lipinski definition) is 0. The summed E-state index contributed by atoms with van der Waals surface area (Å²) in [4.78, 5) is 24.5. The topological polar surface area (TPSA) is 99.2 Å². The Hall–Kier alpha value is -3.21. The molecule has 0 saturated carbocycles. The van der Waals surface area contributed by atoms with Crippen molar-refractivity contribution in [1.29, 1.82) is 0 Å². The van der Waals surface area contributed by atoms with Gasteiger partial charge in [-0.05, 0) is 12.1 Å². The van der Waals surface area contributed by atoms with Crippen molar-refractivity contribution >= 4 is 26.4 Å². The van der Waals surface area contributed by atoms with Gasteiger partial charge in [-0.2, -0.15) is 0 Å². The van der Waals surface area contributed by atoms with E-state index in [0.717, 1.165) is 33.8 Å². The molecule has 0 atom stereocenters. The number of fused-ring (bicyclic) bond motifs is 3. The summed E-state index contributed by atoms with van der Waals surface area (Å²) in [5.74, 6) is -1.90. The molecule has 132 valence electrons. The maximum atomic E-state index is 14.2. The molecule has 0 fully saturated rings. The van der Waals surface area contributed by atoms with Crippen LogP contribution in [-0.4, -0.2) is 38.8 Å². The number of hydrogen-bond acceptors (Lipinski definition) is 6. The Morgan fingerprint density at radius 2 is 1.81 bits per heavy atom. The summed E-state index contributed by atoms with van der Waals surface area (Å²) in [6.45, 7) is 0. The third-order valence-electron chi connectivity index (χ3n) is 3.72. The van der Waals surface area contributed by atoms with Crippen LogP contribution in [0.4, 0.5) is 8.78 Å². The van der Waals surface area contributed by atoms with Gasteiger partial charge in [-0.15, -0.1) is 0 Å². The summed E-state index contributed by atoms with van der Waals surface area (Å²) < 4.78 is 53.7. The van der Waals surface area contributed by atoms with Crippen molar-refractivity contribution in [3.8, 4) is 5.69 Å². The SMILES string of the molecule is CS(=O)(=O)c1ncc2c(=O)n(-c3c(F)cccc3F)n3ccnc3c2n1. The number of rotatable bonds is 2. The van der Waals surface area contributed by atoms with Crippen molar-refractivity contribution in [2.45, 2.75) is 5.16 Å². The average molecular weight is 377 g/mol. The molecule has 0 amide bonds. The van der Waals surface area contributed by atoms with E-state index in [0.29, 0.717) is 0 Å². The molecule has 3 aromatic heterocycles. The standard InChI is InChI=1S/C15H9F2N5O3S/c1-26(24,25)15-19-7-8-11(20-15)13-18-5-6-21(13)22(14(8)23)12-9(16)3-2-4-10(12)17/h2-7H,1H3. The molecule has 3 heterocycles. The van der Waals surface area contributed by atoms with Crippen molar-refractivity contribution in [2.75, 3.05) is 6.26 Å². The lowest BCUT2D eigenvalue weighted by molar-refractivity contribution is 0.548. The minimum Gasteiger partial charge on any atom is -0.267 e. The van der Waals surface area contributed by atoms with Crippen molar-refractivity contribution in [2.24, 2.45) is 0 Å². The Balaban J connectivity index is 2.22. The van der Waals surface area contributed by atoms with Gasteiger partial charge in [-0.1, -0.05) is 6.07 Å². The van der Waals surface area contributed by atoms with E-state index < -0.39 is 37.9 Å². The lowest BCUT2D eigenvalue weighted by Gasteiger charge is -2.12. The quantitative estimate of drug-likeness (QED) is 0.485. The molecule has 8 nitrogen and oxygen atoms in total. The molecular formula is C15H9F2N5O3S. The molecule has 0 bridgehead atoms. The monoisotopic (exact) mass is 377 g/mol. The second kappa shape index (κ2) is 5.39. The summed E-state index contributed by atoms with van der Waals surface area (Å²) in [6, 6.07) is 3.20. The van der Waals surface area contributed by atoms with E-state index in [4.69, 9.17) is 0 Å². The number of nitrogens with zero attached hydrogens (tertiary/aromatic N) is 5. The molecule has 0 N–H and O–H groups in total. The first-order valence-electron chi connectivity index (χ1n) is 7.18. The summed E-state index contributed by atoms with van der Waals surface area (Å²) in [6.07, 6.45) is 4.54. The van der Waals surface area contributed by atoms with Crippen LogP contribution in [0.1, 0.15) is 0 Å². The van der Waals surface area contributed by atoms with Gasteiger partial charge in [0.25, 0.3) is 5.56 Å². The van der Waals surface area contributed by atoms with Crippen LogP contribution in [-0.2, 0) is 9.84 Å². The molecule has 0 unspecified atom stereocenters. The average Bonchev–Trinajstić information content (AvgIpc) is 3.05. The fourth-order valence-corrected chi connectivity index (χ4v) is 3.11. The number of sulfone groups is 1. The zero-order valence-corrected chi connectivity index (χ0v) is 13.9. The minimum atomic E-state index is -3.72. The largest absolute Gasteiger partial charge is 0.281 e. The second-order valence-electron chi connectivity index (χ2n) is 5.47. The van der Waals surface area contributed by atoms with Crippen molar-refractivity contribution < 1.29 is 17.2 Å². The molecule has 0 saturated heterocycles. The molecule has 4 aromatic rings. The van der Waals surface area contributed by atoms with Crippen LogP contribution in [0.25, 0.3) is 22.2 Å².